The molecular formula is C21H15F4N3O2. The van der Waals surface area contributed by atoms with Gasteiger partial charge in [-0.2, -0.15) is 13.2 Å². The fraction of sp³-hybridized carbons (Fsp3) is 0.190. The summed E-state index contributed by atoms with van der Waals surface area (Å²) < 4.78 is 58.4. The average Bonchev–Trinajstić information content (AvgIpc) is 2.87. The first-order valence-electron chi connectivity index (χ1n) is 9.02. The van der Waals surface area contributed by atoms with E-state index in [0.717, 1.165) is 12.1 Å². The highest BCUT2D eigenvalue weighted by Gasteiger charge is 2.31. The second-order valence-electron chi connectivity index (χ2n) is 6.64. The zero-order valence-corrected chi connectivity index (χ0v) is 15.5. The van der Waals surface area contributed by atoms with Gasteiger partial charge in [0.25, 0.3) is 5.91 Å². The van der Waals surface area contributed by atoms with Crippen molar-refractivity contribution in [3.8, 4) is 16.9 Å². The van der Waals surface area contributed by atoms with Gasteiger partial charge in [-0.05, 0) is 35.9 Å². The van der Waals surface area contributed by atoms with Crippen LogP contribution in [0.25, 0.3) is 11.1 Å². The first-order valence-corrected chi connectivity index (χ1v) is 9.02. The lowest BCUT2D eigenvalue weighted by Gasteiger charge is -2.19. The molecule has 2 aromatic carbocycles. The Kier molecular flexibility index (Phi) is 5.11. The molecule has 3 aromatic rings. The zero-order valence-electron chi connectivity index (χ0n) is 15.5. The number of hydrogen-bond donors (Lipinski definition) is 0. The van der Waals surface area contributed by atoms with Crippen LogP contribution in [0.1, 0.15) is 21.7 Å². The van der Waals surface area contributed by atoms with Gasteiger partial charge in [-0.3, -0.25) is 4.79 Å². The van der Waals surface area contributed by atoms with E-state index in [9.17, 15) is 22.4 Å². The zero-order chi connectivity index (χ0) is 21.3. The van der Waals surface area contributed by atoms with Crippen LogP contribution in [0.15, 0.2) is 54.9 Å². The molecule has 0 fully saturated rings. The maximum Gasteiger partial charge on any atom is 0.416 e. The maximum atomic E-state index is 14.4. The van der Waals surface area contributed by atoms with E-state index in [1.165, 1.54) is 23.1 Å². The number of halogens is 4. The molecule has 0 atom stereocenters. The lowest BCUT2D eigenvalue weighted by Crippen LogP contribution is -2.32. The molecule has 4 rings (SSSR count). The number of fused-ring (bicyclic) bond motifs is 1. The van der Waals surface area contributed by atoms with Crippen LogP contribution in [0.2, 0.25) is 0 Å². The van der Waals surface area contributed by atoms with Gasteiger partial charge in [0.15, 0.2) is 0 Å². The Morgan fingerprint density at radius 2 is 1.80 bits per heavy atom. The van der Waals surface area contributed by atoms with Crippen molar-refractivity contribution in [2.45, 2.75) is 12.7 Å². The average molecular weight is 417 g/mol. The Bertz CT molecular complexity index is 1090. The summed E-state index contributed by atoms with van der Waals surface area (Å²) in [7, 11) is 0. The van der Waals surface area contributed by atoms with Crippen molar-refractivity contribution in [3.63, 3.8) is 0 Å². The van der Waals surface area contributed by atoms with E-state index in [4.69, 9.17) is 4.74 Å². The number of nitrogens with zero attached hydrogens (tertiary/aromatic N) is 3. The van der Waals surface area contributed by atoms with Crippen LogP contribution in [0.4, 0.5) is 17.6 Å². The fourth-order valence-electron chi connectivity index (χ4n) is 3.19. The number of amides is 1. The van der Waals surface area contributed by atoms with E-state index in [0.29, 0.717) is 24.2 Å². The number of benzene rings is 2. The predicted octanol–water partition coefficient (Wildman–Crippen LogP) is 4.34. The molecule has 1 amide bonds. The van der Waals surface area contributed by atoms with Crippen LogP contribution in [-0.2, 0) is 12.7 Å². The molecule has 5 nitrogen and oxygen atoms in total. The predicted molar refractivity (Wildman–Crippen MR) is 99.1 cm³/mol. The third-order valence-electron chi connectivity index (χ3n) is 4.67. The Hall–Kier alpha value is -3.49. The van der Waals surface area contributed by atoms with Crippen LogP contribution >= 0.6 is 0 Å². The van der Waals surface area contributed by atoms with Gasteiger partial charge < -0.3 is 9.64 Å². The van der Waals surface area contributed by atoms with E-state index in [2.05, 4.69) is 9.97 Å². The number of rotatable bonds is 3. The normalized spacial score (nSPS) is 14.1. The van der Waals surface area contributed by atoms with Crippen molar-refractivity contribution in [1.82, 2.24) is 14.9 Å². The first-order chi connectivity index (χ1) is 14.3. The molecule has 1 aliphatic rings. The second-order valence-corrected chi connectivity index (χ2v) is 6.64. The van der Waals surface area contributed by atoms with E-state index >= 15 is 0 Å². The largest absolute Gasteiger partial charge is 0.491 e. The van der Waals surface area contributed by atoms with Crippen LogP contribution in [0, 0.1) is 5.82 Å². The molecule has 1 aromatic heterocycles. The molecule has 2 heterocycles. The monoisotopic (exact) mass is 417 g/mol. The molecule has 0 spiro atoms. The summed E-state index contributed by atoms with van der Waals surface area (Å²) in [5.74, 6) is -0.600. The van der Waals surface area contributed by atoms with E-state index in [1.54, 1.807) is 18.5 Å². The number of hydrogen-bond acceptors (Lipinski definition) is 4. The molecule has 0 aliphatic carbocycles. The summed E-state index contributed by atoms with van der Waals surface area (Å²) in [6.07, 6.45) is -1.50. The Morgan fingerprint density at radius 3 is 2.50 bits per heavy atom. The first kappa shape index (κ1) is 19.8. The third kappa shape index (κ3) is 3.96. The van der Waals surface area contributed by atoms with Gasteiger partial charge in [-0.1, -0.05) is 12.1 Å². The molecule has 154 valence electrons. The number of alkyl halides is 3. The van der Waals surface area contributed by atoms with E-state index in [-0.39, 0.29) is 35.7 Å². The highest BCUT2D eigenvalue weighted by Crippen LogP contribution is 2.35. The maximum absolute atomic E-state index is 14.4. The summed E-state index contributed by atoms with van der Waals surface area (Å²) in [5.41, 5.74) is -0.650. The standard InChI is InChI=1S/C21H15F4N3O2/c22-17-11-14(21(23,24)25)3-4-15(17)13-2-5-18-16(10-13)20(29)28(8-9-30-18)12-19-26-6-1-7-27-19/h1-7,10-11H,8-9,12H2. The van der Waals surface area contributed by atoms with Crippen LogP contribution in [0.3, 0.4) is 0 Å². The minimum Gasteiger partial charge on any atom is -0.491 e. The van der Waals surface area contributed by atoms with Gasteiger partial charge in [-0.25, -0.2) is 14.4 Å². The third-order valence-corrected chi connectivity index (χ3v) is 4.67. The summed E-state index contributed by atoms with van der Waals surface area (Å²) in [6.45, 7) is 0.719. The number of carbonyl (C=O) groups excluding carboxylic acids is 1. The van der Waals surface area contributed by atoms with Gasteiger partial charge in [0.2, 0.25) is 0 Å². The lowest BCUT2D eigenvalue weighted by atomic mass is 10.00. The summed E-state index contributed by atoms with van der Waals surface area (Å²) in [6, 6.07) is 8.41. The van der Waals surface area contributed by atoms with E-state index < -0.39 is 17.6 Å². The molecular weight excluding hydrogens is 402 g/mol. The summed E-state index contributed by atoms with van der Waals surface area (Å²) in [4.78, 5) is 22.8. The molecule has 30 heavy (non-hydrogen) atoms. The molecule has 0 saturated carbocycles. The van der Waals surface area contributed by atoms with Crippen LogP contribution in [0.5, 0.6) is 5.75 Å². The van der Waals surface area contributed by atoms with Crippen LogP contribution < -0.4 is 4.74 Å². The molecule has 9 heteroatoms. The Labute approximate surface area is 169 Å². The smallest absolute Gasteiger partial charge is 0.416 e. The van der Waals surface area contributed by atoms with Crippen LogP contribution in [-0.4, -0.2) is 33.9 Å². The van der Waals surface area contributed by atoms with Crippen molar-refractivity contribution in [2.24, 2.45) is 0 Å². The Morgan fingerprint density at radius 1 is 1.03 bits per heavy atom. The molecule has 1 aliphatic heterocycles. The van der Waals surface area contributed by atoms with Gasteiger partial charge >= 0.3 is 6.18 Å². The molecule has 0 radical (unpaired) electrons. The number of ether oxygens (including phenoxy) is 1. The Balaban J connectivity index is 1.67. The van der Waals surface area contributed by atoms with Crippen molar-refractivity contribution in [1.29, 1.82) is 0 Å². The molecule has 0 N–H and O–H groups in total. The molecule has 0 bridgehead atoms. The quantitative estimate of drug-likeness (QED) is 0.595. The highest BCUT2D eigenvalue weighted by molar-refractivity contribution is 5.98. The fourth-order valence-corrected chi connectivity index (χ4v) is 3.19. The lowest BCUT2D eigenvalue weighted by molar-refractivity contribution is -0.137. The van der Waals surface area contributed by atoms with Crippen molar-refractivity contribution in [3.05, 3.63) is 77.6 Å². The number of carbonyl (C=O) groups is 1. The van der Waals surface area contributed by atoms with Gasteiger partial charge in [0.05, 0.1) is 24.2 Å². The topological polar surface area (TPSA) is 55.3 Å². The minimum atomic E-state index is -4.64. The minimum absolute atomic E-state index is 0.0409. The van der Waals surface area contributed by atoms with Gasteiger partial charge in [0.1, 0.15) is 24.0 Å². The van der Waals surface area contributed by atoms with Crippen molar-refractivity contribution >= 4 is 5.91 Å². The molecule has 0 unspecified atom stereocenters. The summed E-state index contributed by atoms with van der Waals surface area (Å²) in [5, 5.41) is 0. The van der Waals surface area contributed by atoms with Gasteiger partial charge in [-0.15, -0.1) is 0 Å². The van der Waals surface area contributed by atoms with Crippen molar-refractivity contribution in [2.75, 3.05) is 13.2 Å². The van der Waals surface area contributed by atoms with Crippen molar-refractivity contribution < 1.29 is 27.1 Å². The second kappa shape index (κ2) is 7.74. The molecule has 0 saturated heterocycles. The SMILES string of the molecule is O=C1c2cc(-c3ccc(C(F)(F)F)cc3F)ccc2OCCN1Cc1ncccn1. The highest BCUT2D eigenvalue weighted by atomic mass is 19.4. The number of aromatic nitrogens is 2. The van der Waals surface area contributed by atoms with E-state index in [1.807, 2.05) is 0 Å². The summed E-state index contributed by atoms with van der Waals surface area (Å²) >= 11 is 0. The van der Waals surface area contributed by atoms with Gasteiger partial charge in [0, 0.05) is 18.0 Å².